The Balaban J connectivity index is 1.78. The van der Waals surface area contributed by atoms with Gasteiger partial charge in [-0.25, -0.2) is 0 Å². The van der Waals surface area contributed by atoms with E-state index in [1.807, 2.05) is 0 Å². The molecule has 0 spiro atoms. The number of nitrogens with one attached hydrogen (secondary N) is 1. The average Bonchev–Trinajstić information content (AvgIpc) is 2.39. The lowest BCUT2D eigenvalue weighted by Gasteiger charge is -2.28. The molecule has 1 aromatic rings. The van der Waals surface area contributed by atoms with Crippen molar-refractivity contribution in [1.82, 2.24) is 5.32 Å². The third kappa shape index (κ3) is 4.40. The summed E-state index contributed by atoms with van der Waals surface area (Å²) in [5, 5.41) is 13.1. The van der Waals surface area contributed by atoms with Gasteiger partial charge in [-0.3, -0.25) is 4.79 Å². The molecule has 1 aliphatic rings. The van der Waals surface area contributed by atoms with Crippen molar-refractivity contribution in [2.45, 2.75) is 37.8 Å². The molecule has 0 heterocycles. The van der Waals surface area contributed by atoms with Gasteiger partial charge < -0.3 is 15.2 Å². The molecule has 1 amide bonds. The molecule has 2 atom stereocenters. The molecule has 2 N–H and O–H groups in total. The zero-order valence-corrected chi connectivity index (χ0v) is 11.4. The third-order valence-corrected chi connectivity index (χ3v) is 3.48. The number of halogens is 1. The van der Waals surface area contributed by atoms with Crippen LogP contribution in [0, 0.1) is 0 Å². The van der Waals surface area contributed by atoms with Crippen LogP contribution in [-0.4, -0.2) is 29.8 Å². The van der Waals surface area contributed by atoms with E-state index < -0.39 is 6.10 Å². The first-order chi connectivity index (χ1) is 9.15. The Labute approximate surface area is 117 Å². The lowest BCUT2D eigenvalue weighted by molar-refractivity contribution is -0.125. The fourth-order valence-corrected chi connectivity index (χ4v) is 2.41. The second kappa shape index (κ2) is 6.78. The van der Waals surface area contributed by atoms with Gasteiger partial charge in [0.25, 0.3) is 5.91 Å². The number of hydrogen-bond donors (Lipinski definition) is 2. The minimum absolute atomic E-state index is 0.0659. The molecule has 1 aromatic carbocycles. The van der Waals surface area contributed by atoms with Crippen LogP contribution in [0.5, 0.6) is 5.75 Å². The standard InChI is InChI=1S/C14H18ClNO3/c15-10-4-3-5-11(8-10)19-9-14(18)16-12-6-1-2-7-13(12)17/h3-5,8,12-13,17H,1-2,6-7,9H2,(H,16,18)/t12-,13-/m1/s1. The van der Waals surface area contributed by atoms with Crippen molar-refractivity contribution >= 4 is 17.5 Å². The maximum atomic E-state index is 11.7. The van der Waals surface area contributed by atoms with Gasteiger partial charge in [-0.2, -0.15) is 0 Å². The smallest absolute Gasteiger partial charge is 0.258 e. The summed E-state index contributed by atoms with van der Waals surface area (Å²) in [7, 11) is 0. The second-order valence-electron chi connectivity index (χ2n) is 4.77. The quantitative estimate of drug-likeness (QED) is 0.890. The molecule has 0 radical (unpaired) electrons. The van der Waals surface area contributed by atoms with Crippen LogP contribution in [0.2, 0.25) is 5.02 Å². The average molecular weight is 284 g/mol. The first kappa shape index (κ1) is 14.2. The van der Waals surface area contributed by atoms with E-state index in [9.17, 15) is 9.90 Å². The molecule has 0 aliphatic heterocycles. The van der Waals surface area contributed by atoms with Crippen molar-refractivity contribution < 1.29 is 14.6 Å². The monoisotopic (exact) mass is 283 g/mol. The van der Waals surface area contributed by atoms with E-state index in [0.29, 0.717) is 10.8 Å². The minimum Gasteiger partial charge on any atom is -0.484 e. The Hall–Kier alpha value is -1.26. The summed E-state index contributed by atoms with van der Waals surface area (Å²) in [4.78, 5) is 11.7. The summed E-state index contributed by atoms with van der Waals surface area (Å²) in [6, 6.07) is 6.76. The van der Waals surface area contributed by atoms with Crippen LogP contribution >= 0.6 is 11.6 Å². The first-order valence-corrected chi connectivity index (χ1v) is 6.89. The summed E-state index contributed by atoms with van der Waals surface area (Å²) in [5.41, 5.74) is 0. The van der Waals surface area contributed by atoms with Gasteiger partial charge in [-0.15, -0.1) is 0 Å². The third-order valence-electron chi connectivity index (χ3n) is 3.24. The van der Waals surface area contributed by atoms with E-state index in [4.69, 9.17) is 16.3 Å². The lowest BCUT2D eigenvalue weighted by Crippen LogP contribution is -2.46. The van der Waals surface area contributed by atoms with Crippen molar-refractivity contribution in [1.29, 1.82) is 0 Å². The van der Waals surface area contributed by atoms with E-state index in [0.717, 1.165) is 25.7 Å². The van der Waals surface area contributed by atoms with E-state index >= 15 is 0 Å². The lowest BCUT2D eigenvalue weighted by atomic mass is 9.92. The van der Waals surface area contributed by atoms with E-state index in [-0.39, 0.29) is 18.6 Å². The van der Waals surface area contributed by atoms with Gasteiger partial charge in [-0.05, 0) is 31.0 Å². The van der Waals surface area contributed by atoms with Crippen LogP contribution in [0.4, 0.5) is 0 Å². The molecule has 1 saturated carbocycles. The molecule has 0 saturated heterocycles. The molecule has 2 rings (SSSR count). The number of hydrogen-bond acceptors (Lipinski definition) is 3. The number of ether oxygens (including phenoxy) is 1. The SMILES string of the molecule is O=C(COc1cccc(Cl)c1)N[C@@H]1CCCC[C@H]1O. The van der Waals surface area contributed by atoms with E-state index in [1.54, 1.807) is 24.3 Å². The Morgan fingerprint density at radius 2 is 2.21 bits per heavy atom. The maximum absolute atomic E-state index is 11.7. The number of carbonyl (C=O) groups excluding carboxylic acids is 1. The number of benzene rings is 1. The van der Waals surface area contributed by atoms with Crippen molar-refractivity contribution in [3.05, 3.63) is 29.3 Å². The fraction of sp³-hybridized carbons (Fsp3) is 0.500. The molecule has 0 unspecified atom stereocenters. The van der Waals surface area contributed by atoms with E-state index in [2.05, 4.69) is 5.32 Å². The van der Waals surface area contributed by atoms with Crippen LogP contribution in [0.25, 0.3) is 0 Å². The summed E-state index contributed by atoms with van der Waals surface area (Å²) >= 11 is 5.82. The highest BCUT2D eigenvalue weighted by Crippen LogP contribution is 2.19. The summed E-state index contributed by atoms with van der Waals surface area (Å²) in [5.74, 6) is 0.345. The molecule has 1 aliphatic carbocycles. The van der Waals surface area contributed by atoms with Gasteiger partial charge in [-0.1, -0.05) is 30.5 Å². The van der Waals surface area contributed by atoms with Crippen LogP contribution < -0.4 is 10.1 Å². The van der Waals surface area contributed by atoms with E-state index in [1.165, 1.54) is 0 Å². The van der Waals surface area contributed by atoms with Gasteiger partial charge in [0.15, 0.2) is 6.61 Å². The zero-order chi connectivity index (χ0) is 13.7. The predicted octanol–water partition coefficient (Wildman–Crippen LogP) is 2.14. The zero-order valence-electron chi connectivity index (χ0n) is 10.6. The molecule has 1 fully saturated rings. The van der Waals surface area contributed by atoms with Crippen molar-refractivity contribution in [2.75, 3.05) is 6.61 Å². The highest BCUT2D eigenvalue weighted by molar-refractivity contribution is 6.30. The molecule has 104 valence electrons. The summed E-state index contributed by atoms with van der Waals surface area (Å²) in [6.07, 6.45) is 3.19. The molecule has 19 heavy (non-hydrogen) atoms. The van der Waals surface area contributed by atoms with Crippen LogP contribution in [0.15, 0.2) is 24.3 Å². The molecule has 4 nitrogen and oxygen atoms in total. The van der Waals surface area contributed by atoms with Gasteiger partial charge in [0.1, 0.15) is 5.75 Å². The minimum atomic E-state index is -0.441. The Kier molecular flexibility index (Phi) is 5.05. The van der Waals surface area contributed by atoms with Crippen molar-refractivity contribution in [3.8, 4) is 5.75 Å². The molecule has 5 heteroatoms. The molecular formula is C14H18ClNO3. The van der Waals surface area contributed by atoms with Crippen LogP contribution in [-0.2, 0) is 4.79 Å². The molecule has 0 aromatic heterocycles. The number of aliphatic hydroxyl groups excluding tert-OH is 1. The van der Waals surface area contributed by atoms with Crippen molar-refractivity contribution in [3.63, 3.8) is 0 Å². The maximum Gasteiger partial charge on any atom is 0.258 e. The summed E-state index contributed by atoms with van der Waals surface area (Å²) in [6.45, 7) is -0.0659. The molecule has 0 bridgehead atoms. The predicted molar refractivity (Wildman–Crippen MR) is 73.4 cm³/mol. The number of aliphatic hydroxyl groups is 1. The van der Waals surface area contributed by atoms with Gasteiger partial charge in [0, 0.05) is 5.02 Å². The van der Waals surface area contributed by atoms with Crippen molar-refractivity contribution in [2.24, 2.45) is 0 Å². The van der Waals surface area contributed by atoms with Gasteiger partial charge in [0.05, 0.1) is 12.1 Å². The number of amides is 1. The molecular weight excluding hydrogens is 266 g/mol. The van der Waals surface area contributed by atoms with Gasteiger partial charge >= 0.3 is 0 Å². The second-order valence-corrected chi connectivity index (χ2v) is 5.21. The topological polar surface area (TPSA) is 58.6 Å². The highest BCUT2D eigenvalue weighted by Gasteiger charge is 2.24. The van der Waals surface area contributed by atoms with Crippen LogP contribution in [0.3, 0.4) is 0 Å². The Bertz CT molecular complexity index is 438. The van der Waals surface area contributed by atoms with Crippen LogP contribution in [0.1, 0.15) is 25.7 Å². The normalized spacial score (nSPS) is 22.8. The number of carbonyl (C=O) groups is 1. The highest BCUT2D eigenvalue weighted by atomic mass is 35.5. The number of rotatable bonds is 4. The Morgan fingerprint density at radius 3 is 2.95 bits per heavy atom. The van der Waals surface area contributed by atoms with Gasteiger partial charge in [0.2, 0.25) is 0 Å². The fourth-order valence-electron chi connectivity index (χ4n) is 2.23. The summed E-state index contributed by atoms with van der Waals surface area (Å²) < 4.78 is 5.35. The Morgan fingerprint density at radius 1 is 1.42 bits per heavy atom. The first-order valence-electron chi connectivity index (χ1n) is 6.51. The largest absolute Gasteiger partial charge is 0.484 e.